The number of carbonyl (C=O) groups is 1. The number of hydrogen-bond donors (Lipinski definition) is 1. The molecule has 1 amide bonds. The van der Waals surface area contributed by atoms with Crippen LogP contribution in [-0.4, -0.2) is 10.9 Å². The summed E-state index contributed by atoms with van der Waals surface area (Å²) in [6.45, 7) is 3.59. The molecule has 0 aromatic carbocycles. The van der Waals surface area contributed by atoms with E-state index in [2.05, 4.69) is 10.3 Å². The first-order valence-corrected chi connectivity index (χ1v) is 4.95. The van der Waals surface area contributed by atoms with Crippen molar-refractivity contribution in [2.24, 2.45) is 0 Å². The standard InChI is InChI=1S/C12H12N2O2/c1-8-7-11(9(2)16-8)12(15)14-10-3-5-13-6-4-10/h3-7H,1-2H3,(H,13,14,15). The predicted molar refractivity (Wildman–Crippen MR) is 60.4 cm³/mol. The SMILES string of the molecule is Cc1cc(C(=O)Nc2ccncc2)c(C)o1. The molecule has 0 fully saturated rings. The highest BCUT2D eigenvalue weighted by molar-refractivity contribution is 6.04. The number of carbonyl (C=O) groups excluding carboxylic acids is 1. The van der Waals surface area contributed by atoms with Gasteiger partial charge in [-0.1, -0.05) is 0 Å². The van der Waals surface area contributed by atoms with Crippen LogP contribution in [-0.2, 0) is 0 Å². The maximum atomic E-state index is 11.9. The summed E-state index contributed by atoms with van der Waals surface area (Å²) in [5.74, 6) is 1.20. The van der Waals surface area contributed by atoms with Gasteiger partial charge in [0.1, 0.15) is 11.5 Å². The average molecular weight is 216 g/mol. The minimum atomic E-state index is -0.166. The van der Waals surface area contributed by atoms with E-state index in [9.17, 15) is 4.79 Å². The molecule has 0 aliphatic carbocycles. The van der Waals surface area contributed by atoms with Crippen LogP contribution in [0, 0.1) is 13.8 Å². The van der Waals surface area contributed by atoms with Gasteiger partial charge in [-0.2, -0.15) is 0 Å². The van der Waals surface area contributed by atoms with E-state index in [0.717, 1.165) is 11.4 Å². The topological polar surface area (TPSA) is 55.1 Å². The molecular formula is C12H12N2O2. The van der Waals surface area contributed by atoms with Crippen molar-refractivity contribution in [1.29, 1.82) is 0 Å². The molecule has 4 nitrogen and oxygen atoms in total. The quantitative estimate of drug-likeness (QED) is 0.839. The summed E-state index contributed by atoms with van der Waals surface area (Å²) in [6, 6.07) is 5.20. The van der Waals surface area contributed by atoms with Crippen LogP contribution in [0.15, 0.2) is 35.0 Å². The van der Waals surface area contributed by atoms with Crippen molar-refractivity contribution < 1.29 is 9.21 Å². The molecule has 0 aliphatic heterocycles. The third kappa shape index (κ3) is 2.11. The lowest BCUT2D eigenvalue weighted by Crippen LogP contribution is -2.11. The molecule has 0 bridgehead atoms. The molecule has 0 saturated heterocycles. The number of nitrogens with zero attached hydrogens (tertiary/aromatic N) is 1. The number of rotatable bonds is 2. The largest absolute Gasteiger partial charge is 0.466 e. The van der Waals surface area contributed by atoms with Crippen LogP contribution >= 0.6 is 0 Å². The zero-order valence-electron chi connectivity index (χ0n) is 9.15. The molecule has 2 rings (SSSR count). The summed E-state index contributed by atoms with van der Waals surface area (Å²) in [5, 5.41) is 2.77. The van der Waals surface area contributed by atoms with Crippen LogP contribution in [0.1, 0.15) is 21.9 Å². The summed E-state index contributed by atoms with van der Waals surface area (Å²) in [4.78, 5) is 15.7. The van der Waals surface area contributed by atoms with Gasteiger partial charge < -0.3 is 9.73 Å². The van der Waals surface area contributed by atoms with E-state index in [1.54, 1.807) is 37.5 Å². The van der Waals surface area contributed by atoms with E-state index < -0.39 is 0 Å². The number of nitrogens with one attached hydrogen (secondary N) is 1. The Morgan fingerprint density at radius 2 is 2.00 bits per heavy atom. The van der Waals surface area contributed by atoms with Gasteiger partial charge in [-0.25, -0.2) is 0 Å². The van der Waals surface area contributed by atoms with Gasteiger partial charge in [-0.05, 0) is 32.0 Å². The first kappa shape index (κ1) is 10.4. The fraction of sp³-hybridized carbons (Fsp3) is 0.167. The van der Waals surface area contributed by atoms with Crippen LogP contribution in [0.4, 0.5) is 5.69 Å². The fourth-order valence-corrected chi connectivity index (χ4v) is 1.49. The number of anilines is 1. The van der Waals surface area contributed by atoms with Crippen molar-refractivity contribution in [3.05, 3.63) is 47.7 Å². The zero-order valence-corrected chi connectivity index (χ0v) is 9.15. The summed E-state index contributed by atoms with van der Waals surface area (Å²) < 4.78 is 5.30. The Morgan fingerprint density at radius 1 is 1.31 bits per heavy atom. The molecule has 0 aliphatic rings. The van der Waals surface area contributed by atoms with Crippen molar-refractivity contribution >= 4 is 11.6 Å². The van der Waals surface area contributed by atoms with Gasteiger partial charge in [0.2, 0.25) is 0 Å². The molecule has 16 heavy (non-hydrogen) atoms. The minimum Gasteiger partial charge on any atom is -0.466 e. The lowest BCUT2D eigenvalue weighted by Gasteiger charge is -2.02. The summed E-state index contributed by atoms with van der Waals surface area (Å²) in [7, 11) is 0. The number of pyridine rings is 1. The van der Waals surface area contributed by atoms with E-state index in [1.807, 2.05) is 6.92 Å². The van der Waals surface area contributed by atoms with Crippen molar-refractivity contribution in [1.82, 2.24) is 4.98 Å². The lowest BCUT2D eigenvalue weighted by atomic mass is 10.2. The number of aryl methyl sites for hydroxylation is 2. The highest BCUT2D eigenvalue weighted by Gasteiger charge is 2.13. The van der Waals surface area contributed by atoms with Gasteiger partial charge in [0.15, 0.2) is 0 Å². The highest BCUT2D eigenvalue weighted by atomic mass is 16.3. The van der Waals surface area contributed by atoms with Gasteiger partial charge in [0.05, 0.1) is 5.56 Å². The van der Waals surface area contributed by atoms with E-state index >= 15 is 0 Å². The maximum Gasteiger partial charge on any atom is 0.259 e. The Bertz CT molecular complexity index is 503. The molecule has 0 spiro atoms. The molecule has 82 valence electrons. The number of hydrogen-bond acceptors (Lipinski definition) is 3. The number of furan rings is 1. The third-order valence-electron chi connectivity index (χ3n) is 2.22. The van der Waals surface area contributed by atoms with Gasteiger partial charge in [0, 0.05) is 18.1 Å². The van der Waals surface area contributed by atoms with E-state index in [1.165, 1.54) is 0 Å². The number of amides is 1. The van der Waals surface area contributed by atoms with E-state index in [4.69, 9.17) is 4.42 Å². The Morgan fingerprint density at radius 3 is 2.56 bits per heavy atom. The first-order valence-electron chi connectivity index (χ1n) is 4.95. The smallest absolute Gasteiger partial charge is 0.259 e. The molecule has 2 aromatic rings. The lowest BCUT2D eigenvalue weighted by molar-refractivity contribution is 0.102. The highest BCUT2D eigenvalue weighted by Crippen LogP contribution is 2.15. The molecule has 4 heteroatoms. The van der Waals surface area contributed by atoms with Gasteiger partial charge in [-0.15, -0.1) is 0 Å². The third-order valence-corrected chi connectivity index (χ3v) is 2.22. The molecule has 0 radical (unpaired) electrons. The molecule has 2 aromatic heterocycles. The first-order chi connectivity index (χ1) is 7.66. The maximum absolute atomic E-state index is 11.9. The summed E-state index contributed by atoms with van der Waals surface area (Å²) in [5.41, 5.74) is 1.28. The van der Waals surface area contributed by atoms with Crippen LogP contribution < -0.4 is 5.32 Å². The summed E-state index contributed by atoms with van der Waals surface area (Å²) >= 11 is 0. The molecule has 0 unspecified atom stereocenters. The van der Waals surface area contributed by atoms with Crippen molar-refractivity contribution in [2.45, 2.75) is 13.8 Å². The Hall–Kier alpha value is -2.10. The molecular weight excluding hydrogens is 204 g/mol. The average Bonchev–Trinajstić information content (AvgIpc) is 2.59. The van der Waals surface area contributed by atoms with Crippen molar-refractivity contribution in [3.63, 3.8) is 0 Å². The van der Waals surface area contributed by atoms with E-state index in [0.29, 0.717) is 11.3 Å². The summed E-state index contributed by atoms with van der Waals surface area (Å²) in [6.07, 6.45) is 3.26. The van der Waals surface area contributed by atoms with Crippen LogP contribution in [0.5, 0.6) is 0 Å². The van der Waals surface area contributed by atoms with Crippen LogP contribution in [0.3, 0.4) is 0 Å². The second kappa shape index (κ2) is 4.18. The minimum absolute atomic E-state index is 0.166. The fourth-order valence-electron chi connectivity index (χ4n) is 1.49. The predicted octanol–water partition coefficient (Wildman–Crippen LogP) is 2.54. The second-order valence-electron chi connectivity index (χ2n) is 3.52. The Labute approximate surface area is 93.3 Å². The van der Waals surface area contributed by atoms with Crippen LogP contribution in [0.2, 0.25) is 0 Å². The molecule has 2 heterocycles. The monoisotopic (exact) mass is 216 g/mol. The molecule has 0 saturated carbocycles. The Balaban J connectivity index is 2.18. The van der Waals surface area contributed by atoms with Gasteiger partial charge >= 0.3 is 0 Å². The molecule has 1 N–H and O–H groups in total. The molecule has 0 atom stereocenters. The zero-order chi connectivity index (χ0) is 11.5. The number of aromatic nitrogens is 1. The normalized spacial score (nSPS) is 10.1. The van der Waals surface area contributed by atoms with Crippen molar-refractivity contribution in [3.8, 4) is 0 Å². The van der Waals surface area contributed by atoms with Gasteiger partial charge in [0.25, 0.3) is 5.91 Å². The van der Waals surface area contributed by atoms with Crippen molar-refractivity contribution in [2.75, 3.05) is 5.32 Å². The van der Waals surface area contributed by atoms with E-state index in [-0.39, 0.29) is 5.91 Å². The Kier molecular flexibility index (Phi) is 2.72. The van der Waals surface area contributed by atoms with Gasteiger partial charge in [-0.3, -0.25) is 9.78 Å². The van der Waals surface area contributed by atoms with Crippen LogP contribution in [0.25, 0.3) is 0 Å². The second-order valence-corrected chi connectivity index (χ2v) is 3.52.